The fourth-order valence-electron chi connectivity index (χ4n) is 4.55. The predicted octanol–water partition coefficient (Wildman–Crippen LogP) is 4.59. The normalized spacial score (nSPS) is 20.5. The van der Waals surface area contributed by atoms with Crippen LogP contribution in [0.2, 0.25) is 0 Å². The number of likely N-dealkylation sites (N-methyl/N-ethyl adjacent to an activating group) is 1. The van der Waals surface area contributed by atoms with Gasteiger partial charge in [0.15, 0.2) is 0 Å². The number of nitrogens with zero attached hydrogens (tertiary/aromatic N) is 1. The maximum atomic E-state index is 14.9. The topological polar surface area (TPSA) is 56.3 Å². The van der Waals surface area contributed by atoms with E-state index >= 15 is 0 Å². The Hall–Kier alpha value is -2.66. The van der Waals surface area contributed by atoms with Crippen molar-refractivity contribution in [3.8, 4) is 0 Å². The van der Waals surface area contributed by atoms with E-state index in [1.165, 1.54) is 0 Å². The summed E-state index contributed by atoms with van der Waals surface area (Å²) in [6, 6.07) is 10.8. The van der Waals surface area contributed by atoms with E-state index in [-0.39, 0.29) is 11.7 Å². The zero-order valence-corrected chi connectivity index (χ0v) is 16.2. The van der Waals surface area contributed by atoms with Crippen LogP contribution in [0.25, 0.3) is 10.9 Å². The molecule has 1 aliphatic rings. The van der Waals surface area contributed by atoms with Crippen molar-refractivity contribution in [3.63, 3.8) is 0 Å². The Labute approximate surface area is 164 Å². The number of fused-ring (bicyclic) bond motifs is 1. The summed E-state index contributed by atoms with van der Waals surface area (Å²) in [5.41, 5.74) is 4.13. The number of halogens is 1. The molecule has 2 unspecified atom stereocenters. The molecular weight excluding hydrogens is 355 g/mol. The Balaban J connectivity index is 1.67. The maximum absolute atomic E-state index is 14.9. The zero-order valence-electron chi connectivity index (χ0n) is 16.2. The van der Waals surface area contributed by atoms with Crippen LogP contribution in [0.5, 0.6) is 0 Å². The second kappa shape index (κ2) is 7.40. The lowest BCUT2D eigenvalue weighted by Gasteiger charge is -2.37. The van der Waals surface area contributed by atoms with Crippen molar-refractivity contribution < 1.29 is 14.3 Å². The summed E-state index contributed by atoms with van der Waals surface area (Å²) in [4.78, 5) is 16.7. The summed E-state index contributed by atoms with van der Waals surface area (Å²) >= 11 is 0. The summed E-state index contributed by atoms with van der Waals surface area (Å²) in [7, 11) is 2.10. The first kappa shape index (κ1) is 18.7. The van der Waals surface area contributed by atoms with Gasteiger partial charge >= 0.3 is 5.97 Å². The summed E-state index contributed by atoms with van der Waals surface area (Å²) in [6.45, 7) is 3.80. The number of hydrogen-bond donors (Lipinski definition) is 2. The van der Waals surface area contributed by atoms with Crippen LogP contribution >= 0.6 is 0 Å². The Morgan fingerprint density at radius 2 is 2.04 bits per heavy atom. The van der Waals surface area contributed by atoms with Crippen molar-refractivity contribution in [2.75, 3.05) is 20.1 Å². The number of hydrogen-bond acceptors (Lipinski definition) is 2. The van der Waals surface area contributed by atoms with E-state index in [4.69, 9.17) is 5.11 Å². The molecule has 2 heterocycles. The smallest absolute Gasteiger partial charge is 0.335 e. The van der Waals surface area contributed by atoms with Gasteiger partial charge in [0.25, 0.3) is 0 Å². The van der Waals surface area contributed by atoms with Gasteiger partial charge < -0.3 is 15.0 Å². The van der Waals surface area contributed by atoms with Gasteiger partial charge in [0, 0.05) is 23.6 Å². The highest BCUT2D eigenvalue weighted by Gasteiger charge is 2.30. The van der Waals surface area contributed by atoms with E-state index in [9.17, 15) is 9.18 Å². The molecule has 0 radical (unpaired) electrons. The molecule has 1 aliphatic heterocycles. The Bertz CT molecular complexity index is 1010. The third-order valence-electron chi connectivity index (χ3n) is 6.11. The van der Waals surface area contributed by atoms with Crippen LogP contribution in [-0.2, 0) is 6.42 Å². The number of H-pyrrole nitrogens is 1. The number of carboxylic acids is 1. The lowest BCUT2D eigenvalue weighted by atomic mass is 9.77. The molecule has 1 aromatic heterocycles. The van der Waals surface area contributed by atoms with E-state index in [0.29, 0.717) is 17.9 Å². The van der Waals surface area contributed by atoms with E-state index in [2.05, 4.69) is 16.9 Å². The average Bonchev–Trinajstić information content (AvgIpc) is 3.16. The van der Waals surface area contributed by atoms with Crippen LogP contribution in [0.1, 0.15) is 39.4 Å². The molecule has 4 nitrogen and oxygen atoms in total. The molecule has 0 amide bonds. The molecule has 1 saturated heterocycles. The summed E-state index contributed by atoms with van der Waals surface area (Å²) in [6.07, 6.45) is 3.54. The number of carbonyl (C=O) groups is 1. The summed E-state index contributed by atoms with van der Waals surface area (Å²) < 4.78 is 14.9. The van der Waals surface area contributed by atoms with E-state index < -0.39 is 5.97 Å². The predicted molar refractivity (Wildman–Crippen MR) is 108 cm³/mol. The lowest BCUT2D eigenvalue weighted by molar-refractivity contribution is 0.0697. The highest BCUT2D eigenvalue weighted by atomic mass is 19.1. The molecule has 28 heavy (non-hydrogen) atoms. The minimum Gasteiger partial charge on any atom is -0.478 e. The summed E-state index contributed by atoms with van der Waals surface area (Å²) in [5, 5.41) is 10.1. The quantitative estimate of drug-likeness (QED) is 0.696. The largest absolute Gasteiger partial charge is 0.478 e. The van der Waals surface area contributed by atoms with Gasteiger partial charge in [-0.05, 0) is 86.1 Å². The van der Waals surface area contributed by atoms with Gasteiger partial charge in [0.05, 0.1) is 5.56 Å². The van der Waals surface area contributed by atoms with Gasteiger partial charge in [0.2, 0.25) is 0 Å². The van der Waals surface area contributed by atoms with Gasteiger partial charge in [-0.15, -0.1) is 0 Å². The molecule has 0 spiro atoms. The molecule has 0 saturated carbocycles. The molecule has 2 atom stereocenters. The maximum Gasteiger partial charge on any atom is 0.335 e. The fourth-order valence-corrected chi connectivity index (χ4v) is 4.55. The average molecular weight is 380 g/mol. The molecule has 4 rings (SSSR count). The fraction of sp³-hybridized carbons (Fsp3) is 0.348. The number of aromatic carboxylic acids is 1. The van der Waals surface area contributed by atoms with Crippen molar-refractivity contribution in [3.05, 3.63) is 70.7 Å². The van der Waals surface area contributed by atoms with Crippen molar-refractivity contribution in [1.29, 1.82) is 0 Å². The number of aryl methyl sites for hydroxylation is 1. The first-order chi connectivity index (χ1) is 13.4. The minimum absolute atomic E-state index is 0.136. The number of carboxylic acid groups (broad SMARTS) is 1. The van der Waals surface area contributed by atoms with E-state index in [1.807, 2.05) is 31.3 Å². The number of piperidine rings is 1. The first-order valence-corrected chi connectivity index (χ1v) is 9.71. The number of benzene rings is 2. The third kappa shape index (κ3) is 3.42. The number of nitrogens with one attached hydrogen (secondary N) is 1. The number of likely N-dealkylation sites (tertiary alicyclic amines) is 1. The van der Waals surface area contributed by atoms with Crippen LogP contribution in [0.15, 0.2) is 42.6 Å². The number of rotatable bonds is 4. The van der Waals surface area contributed by atoms with Crippen molar-refractivity contribution in [2.45, 2.75) is 25.7 Å². The molecule has 146 valence electrons. The van der Waals surface area contributed by atoms with Crippen LogP contribution < -0.4 is 0 Å². The molecule has 0 aliphatic carbocycles. The van der Waals surface area contributed by atoms with E-state index in [1.54, 1.807) is 18.2 Å². The lowest BCUT2D eigenvalue weighted by Crippen LogP contribution is -2.37. The van der Waals surface area contributed by atoms with Crippen molar-refractivity contribution in [2.24, 2.45) is 5.92 Å². The number of aromatic amines is 1. The number of aromatic nitrogens is 1. The molecule has 3 aromatic rings. The van der Waals surface area contributed by atoms with Crippen molar-refractivity contribution >= 4 is 16.9 Å². The highest BCUT2D eigenvalue weighted by molar-refractivity contribution is 5.87. The molecular formula is C23H25FN2O2. The Morgan fingerprint density at radius 1 is 1.29 bits per heavy atom. The Kier molecular flexibility index (Phi) is 4.94. The van der Waals surface area contributed by atoms with Gasteiger partial charge in [-0.25, -0.2) is 9.18 Å². The second-order valence-electron chi connectivity index (χ2n) is 7.97. The third-order valence-corrected chi connectivity index (χ3v) is 6.11. The minimum atomic E-state index is -0.916. The molecule has 2 N–H and O–H groups in total. The second-order valence-corrected chi connectivity index (χ2v) is 7.97. The Morgan fingerprint density at radius 3 is 2.75 bits per heavy atom. The molecule has 2 aromatic carbocycles. The van der Waals surface area contributed by atoms with Crippen molar-refractivity contribution in [1.82, 2.24) is 9.88 Å². The van der Waals surface area contributed by atoms with Gasteiger partial charge in [-0.1, -0.05) is 12.1 Å². The summed E-state index contributed by atoms with van der Waals surface area (Å²) in [5.74, 6) is -0.498. The van der Waals surface area contributed by atoms with Gasteiger partial charge in [-0.2, -0.15) is 0 Å². The molecule has 0 bridgehead atoms. The van der Waals surface area contributed by atoms with Crippen LogP contribution in [0.4, 0.5) is 4.39 Å². The monoisotopic (exact) mass is 380 g/mol. The van der Waals surface area contributed by atoms with Gasteiger partial charge in [0.1, 0.15) is 5.82 Å². The highest BCUT2D eigenvalue weighted by Crippen LogP contribution is 2.37. The van der Waals surface area contributed by atoms with Crippen LogP contribution in [0, 0.1) is 18.7 Å². The SMILES string of the molecule is Cc1cc(F)c(CC2CCN(C)CC2c2ccc(C(=O)O)cc2)c2cc[nH]c12. The molecule has 5 heteroatoms. The van der Waals surface area contributed by atoms with Gasteiger partial charge in [-0.3, -0.25) is 0 Å². The zero-order chi connectivity index (χ0) is 19.8. The molecule has 1 fully saturated rings. The standard InChI is InChI=1S/C23H25FN2O2/c1-14-11-21(24)19(18-7-9-25-22(14)18)12-17-8-10-26(2)13-20(17)15-3-5-16(6-4-15)23(27)28/h3-7,9,11,17,20,25H,8,10,12-13H2,1-2H3,(H,27,28). The van der Waals surface area contributed by atoms with Crippen LogP contribution in [0.3, 0.4) is 0 Å². The first-order valence-electron chi connectivity index (χ1n) is 9.71. The van der Waals surface area contributed by atoms with E-state index in [0.717, 1.165) is 47.1 Å². The van der Waals surface area contributed by atoms with Crippen LogP contribution in [-0.4, -0.2) is 41.1 Å².